The van der Waals surface area contributed by atoms with Gasteiger partial charge >= 0.3 is 6.03 Å². The molecule has 3 aliphatic rings. The van der Waals surface area contributed by atoms with Crippen LogP contribution in [0.15, 0.2) is 22.6 Å². The molecule has 9 heteroatoms. The quantitative estimate of drug-likeness (QED) is 0.583. The van der Waals surface area contributed by atoms with Crippen molar-refractivity contribution in [2.24, 2.45) is 5.92 Å². The zero-order valence-electron chi connectivity index (χ0n) is 20.6. The third-order valence-electron chi connectivity index (χ3n) is 7.45. The molecular formula is C26H33N3O6. The van der Waals surface area contributed by atoms with Crippen molar-refractivity contribution < 1.29 is 28.2 Å². The number of rotatable bonds is 7. The number of carbonyl (C=O) groups excluding carboxylic acids is 2. The third kappa shape index (κ3) is 4.37. The molecule has 0 N–H and O–H groups in total. The van der Waals surface area contributed by atoms with Gasteiger partial charge in [-0.3, -0.25) is 9.69 Å². The SMILES string of the molecule is COc1cccc(-c2nc(CN3C(=O)N(CC4CCCO4)C(=O)C4CCCCC43)c(C)o2)c1OC. The number of amides is 3. The monoisotopic (exact) mass is 483 g/mol. The molecule has 1 aromatic heterocycles. The van der Waals surface area contributed by atoms with Crippen LogP contribution < -0.4 is 9.47 Å². The molecule has 1 saturated carbocycles. The summed E-state index contributed by atoms with van der Waals surface area (Å²) in [6.07, 6.45) is 5.40. The Hall–Kier alpha value is -3.07. The summed E-state index contributed by atoms with van der Waals surface area (Å²) < 4.78 is 22.7. The predicted octanol–water partition coefficient (Wildman–Crippen LogP) is 4.17. The molecule has 3 heterocycles. The number of oxazole rings is 1. The van der Waals surface area contributed by atoms with Gasteiger partial charge in [-0.15, -0.1) is 0 Å². The molecule has 0 radical (unpaired) electrons. The molecule has 0 spiro atoms. The van der Waals surface area contributed by atoms with Gasteiger partial charge in [-0.25, -0.2) is 9.78 Å². The first-order chi connectivity index (χ1) is 17.0. The molecule has 2 aromatic rings. The zero-order valence-corrected chi connectivity index (χ0v) is 20.6. The Balaban J connectivity index is 1.44. The van der Waals surface area contributed by atoms with Gasteiger partial charge in [0.2, 0.25) is 11.8 Å². The Morgan fingerprint density at radius 2 is 1.91 bits per heavy atom. The van der Waals surface area contributed by atoms with Crippen LogP contribution in [0.1, 0.15) is 50.0 Å². The molecule has 2 saturated heterocycles. The minimum absolute atomic E-state index is 0.0508. The van der Waals surface area contributed by atoms with Gasteiger partial charge in [-0.05, 0) is 44.7 Å². The van der Waals surface area contributed by atoms with E-state index in [1.54, 1.807) is 14.2 Å². The molecule has 3 unspecified atom stereocenters. The fraction of sp³-hybridized carbons (Fsp3) is 0.577. The summed E-state index contributed by atoms with van der Waals surface area (Å²) >= 11 is 0. The minimum atomic E-state index is -0.253. The van der Waals surface area contributed by atoms with E-state index in [1.165, 1.54) is 4.90 Å². The van der Waals surface area contributed by atoms with Gasteiger partial charge in [0.05, 0.1) is 44.9 Å². The lowest BCUT2D eigenvalue weighted by molar-refractivity contribution is -0.142. The normalized spacial score (nSPS) is 24.6. The average Bonchev–Trinajstić information content (AvgIpc) is 3.53. The highest BCUT2D eigenvalue weighted by Gasteiger charge is 2.48. The van der Waals surface area contributed by atoms with Crippen molar-refractivity contribution >= 4 is 11.9 Å². The molecule has 2 aliphatic heterocycles. The molecular weight excluding hydrogens is 450 g/mol. The van der Waals surface area contributed by atoms with E-state index in [4.69, 9.17) is 23.6 Å². The van der Waals surface area contributed by atoms with Crippen molar-refractivity contribution in [1.82, 2.24) is 14.8 Å². The number of ether oxygens (including phenoxy) is 3. The maximum absolute atomic E-state index is 13.6. The molecule has 1 aromatic carbocycles. The number of methoxy groups -OCH3 is 2. The number of hydrogen-bond donors (Lipinski definition) is 0. The van der Waals surface area contributed by atoms with Crippen LogP contribution in [0.2, 0.25) is 0 Å². The minimum Gasteiger partial charge on any atom is -0.493 e. The van der Waals surface area contributed by atoms with Crippen molar-refractivity contribution in [2.75, 3.05) is 27.4 Å². The van der Waals surface area contributed by atoms with E-state index < -0.39 is 0 Å². The second-order valence-corrected chi connectivity index (χ2v) is 9.52. The Morgan fingerprint density at radius 1 is 1.09 bits per heavy atom. The van der Waals surface area contributed by atoms with Crippen LogP contribution in [0.25, 0.3) is 11.5 Å². The molecule has 3 atom stereocenters. The summed E-state index contributed by atoms with van der Waals surface area (Å²) in [5, 5.41) is 0. The van der Waals surface area contributed by atoms with E-state index in [1.807, 2.05) is 30.0 Å². The lowest BCUT2D eigenvalue weighted by Gasteiger charge is -2.47. The second-order valence-electron chi connectivity index (χ2n) is 9.52. The van der Waals surface area contributed by atoms with Crippen molar-refractivity contribution in [1.29, 1.82) is 0 Å². The fourth-order valence-corrected chi connectivity index (χ4v) is 5.62. The smallest absolute Gasteiger partial charge is 0.327 e. The zero-order chi connectivity index (χ0) is 24.5. The van der Waals surface area contributed by atoms with Crippen LogP contribution in [-0.2, 0) is 16.1 Å². The lowest BCUT2D eigenvalue weighted by Crippen LogP contribution is -2.63. The molecule has 35 heavy (non-hydrogen) atoms. The Labute approximate surface area is 205 Å². The molecule has 3 fully saturated rings. The number of aryl methyl sites for hydroxylation is 1. The molecule has 3 amide bonds. The van der Waals surface area contributed by atoms with E-state index in [9.17, 15) is 9.59 Å². The maximum atomic E-state index is 13.6. The molecule has 1 aliphatic carbocycles. The van der Waals surface area contributed by atoms with Gasteiger partial charge in [0.1, 0.15) is 11.5 Å². The number of aromatic nitrogens is 1. The Kier molecular flexibility index (Phi) is 6.69. The third-order valence-corrected chi connectivity index (χ3v) is 7.45. The van der Waals surface area contributed by atoms with E-state index in [-0.39, 0.29) is 36.5 Å². The number of nitrogens with zero attached hydrogens (tertiary/aromatic N) is 3. The molecule has 5 rings (SSSR count). The first-order valence-corrected chi connectivity index (χ1v) is 12.4. The number of hydrogen-bond acceptors (Lipinski definition) is 7. The summed E-state index contributed by atoms with van der Waals surface area (Å²) in [6.45, 7) is 3.14. The number of benzene rings is 1. The molecule has 9 nitrogen and oxygen atoms in total. The number of fused-ring (bicyclic) bond motifs is 1. The van der Waals surface area contributed by atoms with Crippen LogP contribution >= 0.6 is 0 Å². The van der Waals surface area contributed by atoms with Crippen molar-refractivity contribution in [2.45, 2.75) is 64.1 Å². The second kappa shape index (κ2) is 9.89. The van der Waals surface area contributed by atoms with Crippen LogP contribution in [-0.4, -0.2) is 66.2 Å². The highest BCUT2D eigenvalue weighted by molar-refractivity contribution is 5.98. The summed E-state index contributed by atoms with van der Waals surface area (Å²) in [6, 6.07) is 5.16. The first kappa shape index (κ1) is 23.7. The summed E-state index contributed by atoms with van der Waals surface area (Å²) in [5.74, 6) is 1.94. The van der Waals surface area contributed by atoms with Gasteiger partial charge in [0.25, 0.3) is 0 Å². The summed E-state index contributed by atoms with van der Waals surface area (Å²) in [4.78, 5) is 34.9. The predicted molar refractivity (Wildman–Crippen MR) is 127 cm³/mol. The number of carbonyl (C=O) groups is 2. The van der Waals surface area contributed by atoms with Crippen LogP contribution in [0.3, 0.4) is 0 Å². The van der Waals surface area contributed by atoms with Crippen LogP contribution in [0.5, 0.6) is 11.5 Å². The first-order valence-electron chi connectivity index (χ1n) is 12.4. The van der Waals surface area contributed by atoms with E-state index in [0.29, 0.717) is 47.6 Å². The van der Waals surface area contributed by atoms with Crippen LogP contribution in [0, 0.1) is 12.8 Å². The number of imide groups is 1. The van der Waals surface area contributed by atoms with E-state index in [0.717, 1.165) is 38.5 Å². The Bertz CT molecular complexity index is 1090. The van der Waals surface area contributed by atoms with Gasteiger partial charge in [0, 0.05) is 12.6 Å². The lowest BCUT2D eigenvalue weighted by atomic mass is 9.81. The number of urea groups is 1. The summed E-state index contributed by atoms with van der Waals surface area (Å²) in [5.41, 5.74) is 1.35. The van der Waals surface area contributed by atoms with E-state index in [2.05, 4.69) is 0 Å². The highest BCUT2D eigenvalue weighted by atomic mass is 16.5. The highest BCUT2D eigenvalue weighted by Crippen LogP contribution is 2.39. The maximum Gasteiger partial charge on any atom is 0.327 e. The fourth-order valence-electron chi connectivity index (χ4n) is 5.62. The standard InChI is InChI=1S/C26H33N3O6/c1-16-20(27-24(35-16)19-10-6-12-22(32-2)23(19)33-3)15-28-21-11-5-4-9-18(21)25(30)29(26(28)31)14-17-8-7-13-34-17/h6,10,12,17-18,21H,4-5,7-9,11,13-15H2,1-3H3. The average molecular weight is 484 g/mol. The number of para-hydroxylation sites is 1. The van der Waals surface area contributed by atoms with Crippen molar-refractivity contribution in [3.63, 3.8) is 0 Å². The topological polar surface area (TPSA) is 94.3 Å². The van der Waals surface area contributed by atoms with Gasteiger partial charge in [0.15, 0.2) is 11.5 Å². The van der Waals surface area contributed by atoms with Gasteiger partial charge in [-0.1, -0.05) is 18.9 Å². The van der Waals surface area contributed by atoms with Crippen molar-refractivity contribution in [3.05, 3.63) is 29.7 Å². The van der Waals surface area contributed by atoms with Gasteiger partial charge in [-0.2, -0.15) is 0 Å². The Morgan fingerprint density at radius 3 is 2.66 bits per heavy atom. The van der Waals surface area contributed by atoms with Crippen LogP contribution in [0.4, 0.5) is 4.79 Å². The van der Waals surface area contributed by atoms with E-state index >= 15 is 0 Å². The summed E-state index contributed by atoms with van der Waals surface area (Å²) in [7, 11) is 3.16. The molecule has 0 bridgehead atoms. The van der Waals surface area contributed by atoms with Crippen molar-refractivity contribution in [3.8, 4) is 23.0 Å². The molecule has 188 valence electrons. The largest absolute Gasteiger partial charge is 0.493 e. The van der Waals surface area contributed by atoms with Gasteiger partial charge < -0.3 is 23.5 Å².